The molecule has 3 aromatic heterocycles. The van der Waals surface area contributed by atoms with Gasteiger partial charge in [0.15, 0.2) is 0 Å². The average Bonchev–Trinajstić information content (AvgIpc) is 3.38. The lowest BCUT2D eigenvalue weighted by Gasteiger charge is -2.10. The Morgan fingerprint density at radius 1 is 1.14 bits per heavy atom. The van der Waals surface area contributed by atoms with Crippen LogP contribution in [0.15, 0.2) is 36.9 Å². The molecule has 2 atom stereocenters. The molecule has 0 amide bonds. The van der Waals surface area contributed by atoms with E-state index in [4.69, 9.17) is 14.2 Å². The second kappa shape index (κ2) is 8.57. The molecule has 0 bridgehead atoms. The zero-order valence-electron chi connectivity index (χ0n) is 16.9. The average molecular weight is 395 g/mol. The Bertz CT molecular complexity index is 957. The molecule has 0 N–H and O–H groups in total. The highest BCUT2D eigenvalue weighted by molar-refractivity contribution is 5.66. The fourth-order valence-electron chi connectivity index (χ4n) is 3.28. The molecule has 0 aromatic carbocycles. The predicted octanol–water partition coefficient (Wildman–Crippen LogP) is 2.88. The number of aryl methyl sites for hydroxylation is 1. The minimum absolute atomic E-state index is 0.420. The number of methoxy groups -OCH3 is 2. The normalized spacial score (nSPS) is 17.9. The Kier molecular flexibility index (Phi) is 5.71. The molecule has 8 heteroatoms. The van der Waals surface area contributed by atoms with Gasteiger partial charge in [0, 0.05) is 42.6 Å². The van der Waals surface area contributed by atoms with Crippen LogP contribution in [0.4, 0.5) is 0 Å². The lowest BCUT2D eigenvalue weighted by Crippen LogP contribution is -2.06. The third kappa shape index (κ3) is 4.54. The van der Waals surface area contributed by atoms with Crippen LogP contribution in [0.5, 0.6) is 11.6 Å². The summed E-state index contributed by atoms with van der Waals surface area (Å²) in [5, 5.41) is 4.37. The summed E-state index contributed by atoms with van der Waals surface area (Å²) in [5.41, 5.74) is 2.86. The maximum atomic E-state index is 6.12. The molecule has 0 radical (unpaired) electrons. The summed E-state index contributed by atoms with van der Waals surface area (Å²) >= 11 is 0. The van der Waals surface area contributed by atoms with E-state index in [-0.39, 0.29) is 0 Å². The fourth-order valence-corrected chi connectivity index (χ4v) is 3.28. The van der Waals surface area contributed by atoms with Crippen molar-refractivity contribution in [1.82, 2.24) is 24.7 Å². The van der Waals surface area contributed by atoms with Crippen molar-refractivity contribution >= 4 is 0 Å². The Balaban J connectivity index is 1.42. The largest absolute Gasteiger partial charge is 0.495 e. The Labute approximate surface area is 169 Å². The minimum Gasteiger partial charge on any atom is -0.495 e. The molecule has 0 unspecified atom stereocenters. The van der Waals surface area contributed by atoms with Gasteiger partial charge in [0.2, 0.25) is 5.88 Å². The summed E-state index contributed by atoms with van der Waals surface area (Å²) in [5.74, 6) is 2.90. The molecule has 0 spiro atoms. The fraction of sp³-hybridized carbons (Fsp3) is 0.429. The van der Waals surface area contributed by atoms with Crippen molar-refractivity contribution in [3.8, 4) is 22.8 Å². The number of aromatic nitrogens is 5. The molecule has 8 nitrogen and oxygen atoms in total. The van der Waals surface area contributed by atoms with Crippen molar-refractivity contribution in [2.24, 2.45) is 5.92 Å². The topological polar surface area (TPSA) is 84.2 Å². The monoisotopic (exact) mass is 395 g/mol. The van der Waals surface area contributed by atoms with Gasteiger partial charge in [-0.2, -0.15) is 10.1 Å². The molecule has 1 saturated carbocycles. The number of ether oxygens (including phenoxy) is 3. The van der Waals surface area contributed by atoms with Crippen LogP contribution in [-0.2, 0) is 11.3 Å². The molecule has 1 fully saturated rings. The molecule has 4 rings (SSSR count). The van der Waals surface area contributed by atoms with E-state index >= 15 is 0 Å². The highest BCUT2D eigenvalue weighted by atomic mass is 16.5. The summed E-state index contributed by atoms with van der Waals surface area (Å²) in [4.78, 5) is 13.3. The minimum atomic E-state index is 0.420. The molecular formula is C21H25N5O3. The standard InChI is InChI=1S/C21H25N5O3/c1-14-22-11-19(16-9-24-26(12-16)6-7-27-2)21(25-14)29-13-15-8-18(15)20-5-4-17(28-3)10-23-20/h4-5,9-12,15,18H,6-8,13H2,1-3H3/t15-,18+/m1/s1. The summed E-state index contributed by atoms with van der Waals surface area (Å²) in [7, 11) is 3.32. The van der Waals surface area contributed by atoms with Crippen molar-refractivity contribution in [3.05, 3.63) is 48.4 Å². The van der Waals surface area contributed by atoms with E-state index in [9.17, 15) is 0 Å². The van der Waals surface area contributed by atoms with E-state index < -0.39 is 0 Å². The van der Waals surface area contributed by atoms with Crippen molar-refractivity contribution in [2.75, 3.05) is 27.4 Å². The zero-order valence-corrected chi connectivity index (χ0v) is 16.9. The van der Waals surface area contributed by atoms with E-state index in [2.05, 4.69) is 20.1 Å². The van der Waals surface area contributed by atoms with E-state index in [1.807, 2.05) is 29.9 Å². The number of hydrogen-bond acceptors (Lipinski definition) is 7. The van der Waals surface area contributed by atoms with Gasteiger partial charge in [-0.15, -0.1) is 0 Å². The van der Waals surface area contributed by atoms with Crippen LogP contribution in [0.25, 0.3) is 11.1 Å². The third-order valence-electron chi connectivity index (χ3n) is 5.07. The van der Waals surface area contributed by atoms with Crippen LogP contribution in [0.3, 0.4) is 0 Å². The second-order valence-corrected chi connectivity index (χ2v) is 7.16. The van der Waals surface area contributed by atoms with Gasteiger partial charge in [-0.05, 0) is 25.5 Å². The maximum Gasteiger partial charge on any atom is 0.224 e. The predicted molar refractivity (Wildman–Crippen MR) is 107 cm³/mol. The van der Waals surface area contributed by atoms with Gasteiger partial charge in [-0.25, -0.2) is 4.98 Å². The van der Waals surface area contributed by atoms with E-state index in [0.29, 0.717) is 43.3 Å². The van der Waals surface area contributed by atoms with Crippen LogP contribution >= 0.6 is 0 Å². The van der Waals surface area contributed by atoms with Gasteiger partial charge >= 0.3 is 0 Å². The van der Waals surface area contributed by atoms with Gasteiger partial charge in [-0.3, -0.25) is 9.67 Å². The summed E-state index contributed by atoms with van der Waals surface area (Å²) in [6.07, 6.45) is 8.38. The van der Waals surface area contributed by atoms with Crippen molar-refractivity contribution < 1.29 is 14.2 Å². The van der Waals surface area contributed by atoms with Crippen LogP contribution in [-0.4, -0.2) is 52.2 Å². The Morgan fingerprint density at radius 3 is 2.79 bits per heavy atom. The smallest absolute Gasteiger partial charge is 0.224 e. The molecular weight excluding hydrogens is 370 g/mol. The van der Waals surface area contributed by atoms with Crippen LogP contribution < -0.4 is 9.47 Å². The molecule has 29 heavy (non-hydrogen) atoms. The first-order valence-corrected chi connectivity index (χ1v) is 9.66. The summed E-state index contributed by atoms with van der Waals surface area (Å²) in [6, 6.07) is 3.98. The number of pyridine rings is 1. The lowest BCUT2D eigenvalue weighted by molar-refractivity contribution is 0.183. The highest BCUT2D eigenvalue weighted by Gasteiger charge is 2.40. The first kappa shape index (κ1) is 19.3. The molecule has 1 aliphatic rings. The van der Waals surface area contributed by atoms with Gasteiger partial charge in [0.05, 0.1) is 44.8 Å². The first-order valence-electron chi connectivity index (χ1n) is 9.66. The summed E-state index contributed by atoms with van der Waals surface area (Å²) < 4.78 is 18.2. The lowest BCUT2D eigenvalue weighted by atomic mass is 10.2. The van der Waals surface area contributed by atoms with E-state index in [1.54, 1.807) is 32.8 Å². The van der Waals surface area contributed by atoms with Crippen molar-refractivity contribution in [1.29, 1.82) is 0 Å². The second-order valence-electron chi connectivity index (χ2n) is 7.16. The van der Waals surface area contributed by atoms with Gasteiger partial charge in [-0.1, -0.05) is 0 Å². The third-order valence-corrected chi connectivity index (χ3v) is 5.07. The van der Waals surface area contributed by atoms with Crippen molar-refractivity contribution in [2.45, 2.75) is 25.8 Å². The molecule has 3 heterocycles. The first-order chi connectivity index (χ1) is 14.2. The molecule has 3 aromatic rings. The van der Waals surface area contributed by atoms with Gasteiger partial charge in [0.1, 0.15) is 11.6 Å². The van der Waals surface area contributed by atoms with Crippen LogP contribution in [0.1, 0.15) is 23.9 Å². The SMILES string of the molecule is COCCn1cc(-c2cnc(C)nc2OC[C@H]2C[C@@H]2c2ccc(OC)cn2)cn1. The maximum absolute atomic E-state index is 6.12. The quantitative estimate of drug-likeness (QED) is 0.551. The van der Waals surface area contributed by atoms with Crippen LogP contribution in [0.2, 0.25) is 0 Å². The molecule has 0 aliphatic heterocycles. The van der Waals surface area contributed by atoms with Crippen LogP contribution in [0, 0.1) is 12.8 Å². The highest BCUT2D eigenvalue weighted by Crippen LogP contribution is 2.47. The zero-order chi connectivity index (χ0) is 20.2. The van der Waals surface area contributed by atoms with Crippen molar-refractivity contribution in [3.63, 3.8) is 0 Å². The van der Waals surface area contributed by atoms with E-state index in [1.165, 1.54) is 0 Å². The molecule has 0 saturated heterocycles. The number of hydrogen-bond donors (Lipinski definition) is 0. The number of rotatable bonds is 9. The van der Waals surface area contributed by atoms with E-state index in [0.717, 1.165) is 29.0 Å². The van der Waals surface area contributed by atoms with Gasteiger partial charge in [0.25, 0.3) is 0 Å². The number of nitrogens with zero attached hydrogens (tertiary/aromatic N) is 5. The van der Waals surface area contributed by atoms with Gasteiger partial charge < -0.3 is 14.2 Å². The molecule has 1 aliphatic carbocycles. The molecule has 152 valence electrons. The summed E-state index contributed by atoms with van der Waals surface area (Å²) in [6.45, 7) is 3.76. The Morgan fingerprint density at radius 2 is 2.03 bits per heavy atom. The Hall–Kier alpha value is -3.00.